The second-order valence-electron chi connectivity index (χ2n) is 9.95. The number of aromatic nitrogens is 3. The molecule has 15 heteroatoms. The number of aryl methyl sites for hydroxylation is 2. The molecule has 3 fully saturated rings. The maximum Gasteiger partial charge on any atom is 0.490 e. The summed E-state index contributed by atoms with van der Waals surface area (Å²) in [5.74, 6) is 3.26. The number of carboxylic acid groups (broad SMARTS) is 2. The monoisotopic (exact) mass is 581 g/mol. The summed E-state index contributed by atoms with van der Waals surface area (Å²) in [6.45, 7) is 6.92. The van der Waals surface area contributed by atoms with Gasteiger partial charge in [-0.1, -0.05) is 5.92 Å². The Bertz CT molecular complexity index is 1330. The lowest BCUT2D eigenvalue weighted by Gasteiger charge is -2.53. The van der Waals surface area contributed by atoms with Crippen molar-refractivity contribution in [2.45, 2.75) is 50.2 Å². The largest absolute Gasteiger partial charge is 0.490 e. The van der Waals surface area contributed by atoms with Gasteiger partial charge in [0, 0.05) is 43.9 Å². The molecule has 1 spiro atoms. The molecule has 2 aromatic heterocycles. The molecule has 0 saturated carbocycles. The Kier molecular flexibility index (Phi) is 8.76. The van der Waals surface area contributed by atoms with Gasteiger partial charge in [0.15, 0.2) is 0 Å². The van der Waals surface area contributed by atoms with Crippen LogP contribution in [0.3, 0.4) is 0 Å². The molecule has 0 amide bonds. The minimum absolute atomic E-state index is 0.0511. The molecule has 0 aromatic carbocycles. The number of hydrogen-bond acceptors (Lipinski definition) is 9. The first-order valence-electron chi connectivity index (χ1n) is 12.7. The van der Waals surface area contributed by atoms with E-state index < -0.39 is 24.2 Å². The summed E-state index contributed by atoms with van der Waals surface area (Å²) in [5, 5.41) is 23.7. The highest BCUT2D eigenvalue weighted by Gasteiger charge is 2.50. The summed E-state index contributed by atoms with van der Waals surface area (Å²) in [5.41, 5.74) is 3.11. The van der Waals surface area contributed by atoms with Crippen molar-refractivity contribution >= 4 is 17.6 Å². The molecule has 12 nitrogen and oxygen atoms in total. The third-order valence-corrected chi connectivity index (χ3v) is 7.14. The summed E-state index contributed by atoms with van der Waals surface area (Å²) in [6, 6.07) is 1.43. The predicted octanol–water partition coefficient (Wildman–Crippen LogP) is 1.34. The first-order chi connectivity index (χ1) is 19.3. The Hall–Kier alpha value is -3.87. The molecule has 3 N–H and O–H groups in total. The van der Waals surface area contributed by atoms with E-state index in [0.29, 0.717) is 45.2 Å². The molecule has 3 aliphatic rings. The Morgan fingerprint density at radius 3 is 2.49 bits per heavy atom. The first kappa shape index (κ1) is 30.1. The number of alkyl halides is 3. The topological polar surface area (TPSA) is 148 Å². The molecule has 5 heterocycles. The predicted molar refractivity (Wildman–Crippen MR) is 137 cm³/mol. The quantitative estimate of drug-likeness (QED) is 0.450. The summed E-state index contributed by atoms with van der Waals surface area (Å²) >= 11 is 0. The number of anilines is 1. The Balaban J connectivity index is 0.000000493. The zero-order chi connectivity index (χ0) is 29.9. The van der Waals surface area contributed by atoms with Crippen molar-refractivity contribution in [3.8, 4) is 17.7 Å². The SMILES string of the molecule is Cc1cnn(C)c1C#Cc1cnc(O[C@@H]2CN[C@H](C(=O)O)C2)c(N2CCOC3(COC3)[C@@H]2C)c1.O=C(O)C(F)(F)F. The second-order valence-corrected chi connectivity index (χ2v) is 9.95. The van der Waals surface area contributed by atoms with Gasteiger partial charge >= 0.3 is 18.1 Å². The van der Waals surface area contributed by atoms with Crippen molar-refractivity contribution in [3.63, 3.8) is 0 Å². The van der Waals surface area contributed by atoms with E-state index in [9.17, 15) is 23.1 Å². The van der Waals surface area contributed by atoms with Gasteiger partial charge in [-0.05, 0) is 25.8 Å². The van der Waals surface area contributed by atoms with Gasteiger partial charge in [-0.3, -0.25) is 9.48 Å². The summed E-state index contributed by atoms with van der Waals surface area (Å²) in [4.78, 5) is 27.1. The van der Waals surface area contributed by atoms with E-state index in [0.717, 1.165) is 22.5 Å². The average Bonchev–Trinajstić information content (AvgIpc) is 3.49. The van der Waals surface area contributed by atoms with Crippen LogP contribution in [-0.4, -0.2) is 99.8 Å². The molecule has 41 heavy (non-hydrogen) atoms. The van der Waals surface area contributed by atoms with E-state index in [2.05, 4.69) is 39.1 Å². The molecular formula is C26H30F3N5O7. The minimum Gasteiger partial charge on any atom is -0.480 e. The van der Waals surface area contributed by atoms with E-state index in [4.69, 9.17) is 24.1 Å². The number of nitrogens with one attached hydrogen (secondary N) is 1. The number of pyridine rings is 1. The third kappa shape index (κ3) is 6.72. The van der Waals surface area contributed by atoms with Crippen LogP contribution < -0.4 is 15.0 Å². The highest BCUT2D eigenvalue weighted by Crippen LogP contribution is 2.38. The maximum atomic E-state index is 11.3. The third-order valence-electron chi connectivity index (χ3n) is 7.14. The van der Waals surface area contributed by atoms with Crippen LogP contribution in [0.15, 0.2) is 18.5 Å². The lowest BCUT2D eigenvalue weighted by molar-refractivity contribution is -0.228. The van der Waals surface area contributed by atoms with Crippen molar-refractivity contribution in [1.29, 1.82) is 0 Å². The van der Waals surface area contributed by atoms with Crippen molar-refractivity contribution < 1.29 is 47.2 Å². The molecule has 0 unspecified atom stereocenters. The standard InChI is InChI=1S/C24H29N5O5.C2HF3O2/c1-15-10-27-28(3)20(15)5-4-17-8-21(29-6-7-33-24(16(29)2)13-32-14-24)22(26-11-17)34-18-9-19(23(30)31)25-12-18;3-2(4,5)1(6)7/h8,10-11,16,18-19,25H,6-7,9,12-14H2,1-3H3,(H,30,31);(H,6,7)/t16-,18-,19-;/m0./s1. The van der Waals surface area contributed by atoms with Crippen molar-refractivity contribution in [1.82, 2.24) is 20.1 Å². The average molecular weight is 582 g/mol. The molecule has 3 atom stereocenters. The van der Waals surface area contributed by atoms with Crippen LogP contribution in [-0.2, 0) is 26.1 Å². The number of nitrogens with zero attached hydrogens (tertiary/aromatic N) is 4. The van der Waals surface area contributed by atoms with Crippen LogP contribution in [0.25, 0.3) is 0 Å². The van der Waals surface area contributed by atoms with Crippen molar-refractivity contribution in [3.05, 3.63) is 35.3 Å². The number of morpholine rings is 1. The van der Waals surface area contributed by atoms with Gasteiger partial charge in [-0.2, -0.15) is 18.3 Å². The molecule has 5 rings (SSSR count). The molecule has 0 bridgehead atoms. The van der Waals surface area contributed by atoms with Gasteiger partial charge in [0.25, 0.3) is 0 Å². The highest BCUT2D eigenvalue weighted by molar-refractivity contribution is 5.74. The van der Waals surface area contributed by atoms with Crippen molar-refractivity contribution in [2.75, 3.05) is 37.8 Å². The fraction of sp³-hybridized carbons (Fsp3) is 0.538. The van der Waals surface area contributed by atoms with E-state index in [-0.39, 0.29) is 17.7 Å². The highest BCUT2D eigenvalue weighted by atomic mass is 19.4. The maximum absolute atomic E-state index is 11.3. The lowest BCUT2D eigenvalue weighted by atomic mass is 9.90. The normalized spacial score (nSPS) is 23.1. The van der Waals surface area contributed by atoms with Crippen LogP contribution in [0.5, 0.6) is 5.88 Å². The van der Waals surface area contributed by atoms with Gasteiger partial charge in [-0.25, -0.2) is 9.78 Å². The molecule has 2 aromatic rings. The summed E-state index contributed by atoms with van der Waals surface area (Å²) in [6.07, 6.45) is -1.49. The molecular weight excluding hydrogens is 551 g/mol. The molecule has 222 valence electrons. The molecule has 3 aliphatic heterocycles. The number of ether oxygens (including phenoxy) is 3. The molecule has 0 radical (unpaired) electrons. The van der Waals surface area contributed by atoms with Crippen LogP contribution in [0.4, 0.5) is 18.9 Å². The van der Waals surface area contributed by atoms with Gasteiger partial charge in [0.05, 0.1) is 32.1 Å². The Morgan fingerprint density at radius 2 is 1.95 bits per heavy atom. The molecule has 3 saturated heterocycles. The van der Waals surface area contributed by atoms with Gasteiger partial charge in [0.1, 0.15) is 29.1 Å². The van der Waals surface area contributed by atoms with E-state index >= 15 is 0 Å². The van der Waals surface area contributed by atoms with E-state index in [1.54, 1.807) is 17.1 Å². The lowest BCUT2D eigenvalue weighted by Crippen LogP contribution is -2.68. The number of aliphatic carboxylic acids is 2. The van der Waals surface area contributed by atoms with Gasteiger partial charge in [-0.15, -0.1) is 0 Å². The number of halogens is 3. The number of carboxylic acids is 2. The van der Waals surface area contributed by atoms with Crippen LogP contribution in [0.1, 0.15) is 30.2 Å². The fourth-order valence-electron chi connectivity index (χ4n) is 4.71. The number of carbonyl (C=O) groups is 2. The second kappa shape index (κ2) is 11.9. The van der Waals surface area contributed by atoms with E-state index in [1.165, 1.54) is 0 Å². The smallest absolute Gasteiger partial charge is 0.480 e. The fourth-order valence-corrected chi connectivity index (χ4v) is 4.71. The van der Waals surface area contributed by atoms with Crippen LogP contribution in [0.2, 0.25) is 0 Å². The number of rotatable bonds is 4. The minimum atomic E-state index is -5.08. The zero-order valence-corrected chi connectivity index (χ0v) is 22.6. The first-order valence-corrected chi connectivity index (χ1v) is 12.7. The molecule has 0 aliphatic carbocycles. The summed E-state index contributed by atoms with van der Waals surface area (Å²) < 4.78 is 51.3. The van der Waals surface area contributed by atoms with Gasteiger partial charge in [0.2, 0.25) is 5.88 Å². The Labute approximate surface area is 233 Å². The zero-order valence-electron chi connectivity index (χ0n) is 22.6. The summed E-state index contributed by atoms with van der Waals surface area (Å²) in [7, 11) is 1.87. The van der Waals surface area contributed by atoms with Gasteiger partial charge < -0.3 is 34.6 Å². The Morgan fingerprint density at radius 1 is 1.24 bits per heavy atom. The number of hydrogen-bond donors (Lipinski definition) is 3. The van der Waals surface area contributed by atoms with E-state index in [1.807, 2.05) is 20.0 Å². The van der Waals surface area contributed by atoms with Crippen LogP contribution >= 0.6 is 0 Å². The van der Waals surface area contributed by atoms with Crippen molar-refractivity contribution in [2.24, 2.45) is 7.05 Å². The van der Waals surface area contributed by atoms with Crippen LogP contribution in [0, 0.1) is 18.8 Å².